The molecule has 1 aromatic heterocycles. The maximum Gasteiger partial charge on any atom is 0.417 e. The summed E-state index contributed by atoms with van der Waals surface area (Å²) in [6.45, 7) is 2.55. The van der Waals surface area contributed by atoms with Gasteiger partial charge in [0.25, 0.3) is 0 Å². The number of rotatable bonds is 3. The smallest absolute Gasteiger partial charge is 0.347 e. The highest BCUT2D eigenvalue weighted by Gasteiger charge is 2.40. The van der Waals surface area contributed by atoms with Crippen LogP contribution in [0.2, 0.25) is 0 Å². The van der Waals surface area contributed by atoms with E-state index in [1.807, 2.05) is 0 Å². The Morgan fingerprint density at radius 3 is 2.20 bits per heavy atom. The number of halogens is 6. The zero-order valence-corrected chi connectivity index (χ0v) is 16.5. The van der Waals surface area contributed by atoms with Crippen molar-refractivity contribution in [2.75, 3.05) is 0 Å². The van der Waals surface area contributed by atoms with Gasteiger partial charge in [0.05, 0.1) is 8.30 Å². The van der Waals surface area contributed by atoms with Crippen LogP contribution in [0, 0.1) is 5.41 Å². The van der Waals surface area contributed by atoms with Gasteiger partial charge in [0.2, 0.25) is 0 Å². The number of nitrogens with two attached hydrogens (primary N) is 1. The molecule has 0 saturated heterocycles. The first kappa shape index (κ1) is 19.5. The Bertz CT molecular complexity index is 1140. The van der Waals surface area contributed by atoms with E-state index in [2.05, 4.69) is 0 Å². The highest BCUT2D eigenvalue weighted by molar-refractivity contribution is 5.89. The maximum atomic E-state index is 13.5. The highest BCUT2D eigenvalue weighted by Crippen LogP contribution is 2.40. The number of nitrogens with zero attached hydrogens (tertiary/aromatic N) is 1. The second-order valence-corrected chi connectivity index (χ2v) is 8.11. The minimum Gasteiger partial charge on any atom is -0.347 e. The van der Waals surface area contributed by atoms with Crippen molar-refractivity contribution in [2.45, 2.75) is 45.7 Å². The normalized spacial score (nSPS) is 15.8. The van der Waals surface area contributed by atoms with Crippen molar-refractivity contribution in [3.8, 4) is 11.1 Å². The van der Waals surface area contributed by atoms with Crippen LogP contribution >= 0.6 is 0 Å². The molecule has 0 aliphatic rings. The molecule has 2 nitrogen and oxygen atoms in total. The van der Waals surface area contributed by atoms with Crippen molar-refractivity contribution < 1.29 is 29.1 Å². The first-order valence-corrected chi connectivity index (χ1v) is 9.10. The van der Waals surface area contributed by atoms with Crippen LogP contribution in [0.1, 0.15) is 40.7 Å². The summed E-state index contributed by atoms with van der Waals surface area (Å²) in [5.41, 5.74) is 3.09. The first-order valence-electron chi connectivity index (χ1n) is 10.1. The summed E-state index contributed by atoms with van der Waals surface area (Å²) >= 11 is 0. The molecule has 0 unspecified atom stereocenters. The Morgan fingerprint density at radius 1 is 1.00 bits per heavy atom. The van der Waals surface area contributed by atoms with Crippen LogP contribution in [0.25, 0.3) is 22.0 Å². The monoisotopic (exact) mass is 430 g/mol. The molecule has 30 heavy (non-hydrogen) atoms. The minimum atomic E-state index is -4.78. The zero-order chi connectivity index (χ0) is 24.3. The van der Waals surface area contributed by atoms with E-state index in [-0.39, 0.29) is 27.6 Å². The molecule has 8 heteroatoms. The summed E-state index contributed by atoms with van der Waals surface area (Å²) in [6.07, 6.45) is -8.42. The Morgan fingerprint density at radius 2 is 1.63 bits per heavy atom. The second kappa shape index (κ2) is 7.34. The van der Waals surface area contributed by atoms with Gasteiger partial charge in [0.15, 0.2) is 0 Å². The fourth-order valence-corrected chi connectivity index (χ4v) is 3.28. The van der Waals surface area contributed by atoms with Gasteiger partial charge >= 0.3 is 12.4 Å². The van der Waals surface area contributed by atoms with Gasteiger partial charge in [-0.25, -0.2) is 0 Å². The van der Waals surface area contributed by atoms with Gasteiger partial charge in [-0.1, -0.05) is 51.1 Å². The van der Waals surface area contributed by atoms with Crippen molar-refractivity contribution in [3.05, 3.63) is 59.8 Å². The molecule has 0 spiro atoms. The molecule has 3 aromatic rings. The van der Waals surface area contributed by atoms with E-state index in [0.717, 1.165) is 16.8 Å². The van der Waals surface area contributed by atoms with Gasteiger partial charge in [-0.3, -0.25) is 0 Å². The fraction of sp³-hybridized carbons (Fsp3) is 0.364. The van der Waals surface area contributed by atoms with E-state index in [4.69, 9.17) is 8.48 Å². The molecule has 3 rings (SSSR count). The summed E-state index contributed by atoms with van der Waals surface area (Å²) in [4.78, 5) is 0. The molecule has 0 aliphatic carbocycles. The van der Waals surface area contributed by atoms with Crippen LogP contribution in [-0.2, 0) is 12.7 Å². The molecule has 0 amide bonds. The fourth-order valence-electron chi connectivity index (χ4n) is 3.28. The van der Waals surface area contributed by atoms with E-state index in [0.29, 0.717) is 0 Å². The third-order valence-corrected chi connectivity index (χ3v) is 4.52. The van der Waals surface area contributed by atoms with E-state index in [1.165, 1.54) is 36.4 Å². The summed E-state index contributed by atoms with van der Waals surface area (Å²) in [7, 11) is 0. The largest absolute Gasteiger partial charge is 0.417 e. The summed E-state index contributed by atoms with van der Waals surface area (Å²) in [6, 6.07) is 6.28. The Balaban J connectivity index is 2.35. The quantitative estimate of drug-likeness (QED) is 0.449. The number of benzene rings is 2. The highest BCUT2D eigenvalue weighted by atomic mass is 19.4. The lowest BCUT2D eigenvalue weighted by Crippen LogP contribution is -2.28. The molecule has 0 bridgehead atoms. The van der Waals surface area contributed by atoms with Crippen molar-refractivity contribution in [1.29, 1.82) is 0 Å². The van der Waals surface area contributed by atoms with Gasteiger partial charge in [-0.2, -0.15) is 26.3 Å². The summed E-state index contributed by atoms with van der Waals surface area (Å²) in [5, 5.41) is 0.0242. The lowest BCUT2D eigenvalue weighted by Gasteiger charge is -2.20. The molecular formula is C22H22F6N2. The molecule has 0 aliphatic heterocycles. The molecular weight excluding hydrogens is 406 g/mol. The van der Waals surface area contributed by atoms with Gasteiger partial charge in [-0.05, 0) is 28.7 Å². The van der Waals surface area contributed by atoms with Crippen LogP contribution in [0.4, 0.5) is 26.3 Å². The van der Waals surface area contributed by atoms with E-state index in [9.17, 15) is 26.3 Å². The molecule has 0 radical (unpaired) electrons. The zero-order valence-electron chi connectivity index (χ0n) is 18.5. The van der Waals surface area contributed by atoms with Crippen molar-refractivity contribution in [2.24, 2.45) is 11.1 Å². The SMILES string of the molecule is [2H]C([2H])(n1cc([C@H](N)C(F)(F)F)c2ccc(-c3ccccc3C(F)(F)F)cc21)C(C)(C)C. The Hall–Kier alpha value is -2.48. The Kier molecular flexibility index (Phi) is 4.76. The maximum absolute atomic E-state index is 13.5. The molecule has 0 saturated carbocycles. The lowest BCUT2D eigenvalue weighted by molar-refractivity contribution is -0.148. The molecule has 1 atom stereocenters. The predicted octanol–water partition coefficient (Wildman–Crippen LogP) is 6.94. The summed E-state index contributed by atoms with van der Waals surface area (Å²) in [5.74, 6) is 0. The number of hydrogen-bond donors (Lipinski definition) is 1. The number of alkyl halides is 6. The summed E-state index contributed by atoms with van der Waals surface area (Å²) < 4.78 is 98.8. The lowest BCUT2D eigenvalue weighted by atomic mass is 9.96. The third kappa shape index (κ3) is 4.48. The Labute approximate surface area is 173 Å². The van der Waals surface area contributed by atoms with Gasteiger partial charge in [0, 0.05) is 29.2 Å². The number of fused-ring (bicyclic) bond motifs is 1. The second-order valence-electron chi connectivity index (χ2n) is 8.11. The van der Waals surface area contributed by atoms with Crippen LogP contribution in [0.3, 0.4) is 0 Å². The van der Waals surface area contributed by atoms with E-state index < -0.39 is 35.9 Å². The van der Waals surface area contributed by atoms with Crippen molar-refractivity contribution >= 4 is 10.9 Å². The van der Waals surface area contributed by atoms with Crippen LogP contribution < -0.4 is 5.73 Å². The van der Waals surface area contributed by atoms with Crippen LogP contribution in [0.5, 0.6) is 0 Å². The van der Waals surface area contributed by atoms with Crippen LogP contribution in [0.15, 0.2) is 48.7 Å². The minimum absolute atomic E-state index is 0.0223. The average molecular weight is 430 g/mol. The molecule has 2 N–H and O–H groups in total. The molecule has 1 heterocycles. The van der Waals surface area contributed by atoms with Gasteiger partial charge in [0.1, 0.15) is 6.04 Å². The number of aromatic nitrogens is 1. The first-order chi connectivity index (χ1) is 14.5. The van der Waals surface area contributed by atoms with Gasteiger partial charge < -0.3 is 10.3 Å². The van der Waals surface area contributed by atoms with Crippen LogP contribution in [-0.4, -0.2) is 10.7 Å². The molecule has 0 fully saturated rings. The number of hydrogen-bond acceptors (Lipinski definition) is 1. The van der Waals surface area contributed by atoms with Crippen molar-refractivity contribution in [3.63, 3.8) is 0 Å². The van der Waals surface area contributed by atoms with Crippen molar-refractivity contribution in [1.82, 2.24) is 4.57 Å². The van der Waals surface area contributed by atoms with Gasteiger partial charge in [-0.15, -0.1) is 0 Å². The van der Waals surface area contributed by atoms with E-state index >= 15 is 0 Å². The average Bonchev–Trinajstić information content (AvgIpc) is 3.04. The topological polar surface area (TPSA) is 30.9 Å². The molecule has 162 valence electrons. The van der Waals surface area contributed by atoms with E-state index in [1.54, 1.807) is 20.8 Å². The molecule has 2 aromatic carbocycles. The predicted molar refractivity (Wildman–Crippen MR) is 105 cm³/mol. The third-order valence-electron chi connectivity index (χ3n) is 4.52. The standard InChI is InChI=1S/C22H22F6N2/c1-20(2,3)12-30-11-16(19(29)22(26,27)28)15-9-8-13(10-18(15)30)14-6-4-5-7-17(14)21(23,24)25/h4-11,19H,12,29H2,1-3H3/t19-/m0/s1/i12D2.